The molecule has 1 fully saturated rings. The van der Waals surface area contributed by atoms with E-state index in [2.05, 4.69) is 10.6 Å². The third kappa shape index (κ3) is 4.84. The molecule has 6 nitrogen and oxygen atoms in total. The van der Waals surface area contributed by atoms with Gasteiger partial charge in [-0.15, -0.1) is 0 Å². The number of anilines is 1. The summed E-state index contributed by atoms with van der Waals surface area (Å²) in [5, 5.41) is 5.43. The van der Waals surface area contributed by atoms with Gasteiger partial charge in [-0.25, -0.2) is 8.42 Å². The molecule has 0 saturated carbocycles. The fraction of sp³-hybridized carbons (Fsp3) is 0.467. The van der Waals surface area contributed by atoms with Crippen LogP contribution < -0.4 is 10.6 Å². The first kappa shape index (κ1) is 16.5. The summed E-state index contributed by atoms with van der Waals surface area (Å²) in [6.45, 7) is 0. The number of carbonyl (C=O) groups is 2. The molecule has 1 saturated heterocycles. The lowest BCUT2D eigenvalue weighted by atomic mass is 10.1. The molecule has 22 heavy (non-hydrogen) atoms. The molecule has 0 aromatic heterocycles. The molecule has 1 heterocycles. The Morgan fingerprint density at radius 3 is 2.77 bits per heavy atom. The van der Waals surface area contributed by atoms with E-state index in [9.17, 15) is 18.0 Å². The second-order valence-corrected chi connectivity index (χ2v) is 7.72. The number of rotatable bonds is 4. The minimum Gasteiger partial charge on any atom is -0.344 e. The van der Waals surface area contributed by atoms with Crippen molar-refractivity contribution < 1.29 is 18.0 Å². The zero-order chi connectivity index (χ0) is 16.2. The zero-order valence-corrected chi connectivity index (χ0v) is 13.3. The molecule has 1 unspecified atom stereocenters. The molecule has 7 heteroatoms. The maximum absolute atomic E-state index is 12.3. The van der Waals surface area contributed by atoms with E-state index in [-0.39, 0.29) is 17.6 Å². The molecule has 2 amide bonds. The van der Waals surface area contributed by atoms with Crippen LogP contribution in [0.15, 0.2) is 24.3 Å². The highest BCUT2D eigenvalue weighted by Gasteiger charge is 2.23. The monoisotopic (exact) mass is 324 g/mol. The van der Waals surface area contributed by atoms with Crippen LogP contribution in [-0.2, 0) is 25.2 Å². The first-order valence-corrected chi connectivity index (χ1v) is 9.27. The van der Waals surface area contributed by atoms with Gasteiger partial charge < -0.3 is 10.6 Å². The van der Waals surface area contributed by atoms with Crippen molar-refractivity contribution in [2.24, 2.45) is 0 Å². The number of nitrogens with one attached hydrogen (secondary N) is 2. The Kier molecular flexibility index (Phi) is 5.18. The number of hydrogen-bond donors (Lipinski definition) is 2. The molecule has 2 rings (SSSR count). The molecule has 0 spiro atoms. The Morgan fingerprint density at radius 2 is 2.05 bits per heavy atom. The number of para-hydroxylation sites is 1. The number of benzene rings is 1. The lowest BCUT2D eigenvalue weighted by Crippen LogP contribution is -2.42. The normalized spacial score (nSPS) is 19.1. The van der Waals surface area contributed by atoms with E-state index in [1.165, 1.54) is 0 Å². The quantitative estimate of drug-likeness (QED) is 0.871. The van der Waals surface area contributed by atoms with Crippen LogP contribution in [0.1, 0.15) is 31.2 Å². The third-order valence-electron chi connectivity index (χ3n) is 3.49. The van der Waals surface area contributed by atoms with Crippen LogP contribution in [0.25, 0.3) is 0 Å². The summed E-state index contributed by atoms with van der Waals surface area (Å²) in [6.07, 6.45) is 3.76. The minimum absolute atomic E-state index is 0.123. The third-order valence-corrected chi connectivity index (χ3v) is 4.33. The van der Waals surface area contributed by atoms with Crippen molar-refractivity contribution >= 4 is 27.3 Å². The van der Waals surface area contributed by atoms with Crippen molar-refractivity contribution in [1.82, 2.24) is 5.32 Å². The Bertz CT molecular complexity index is 670. The lowest BCUT2D eigenvalue weighted by molar-refractivity contribution is -0.125. The molecular formula is C15H20N2O4S. The molecule has 0 radical (unpaired) electrons. The maximum Gasteiger partial charge on any atom is 0.246 e. The smallest absolute Gasteiger partial charge is 0.246 e. The summed E-state index contributed by atoms with van der Waals surface area (Å²) in [5.41, 5.74) is 1.01. The average molecular weight is 324 g/mol. The highest BCUT2D eigenvalue weighted by atomic mass is 32.2. The topological polar surface area (TPSA) is 92.3 Å². The Balaban J connectivity index is 2.12. The van der Waals surface area contributed by atoms with Crippen molar-refractivity contribution in [3.8, 4) is 0 Å². The van der Waals surface area contributed by atoms with Gasteiger partial charge in [0.2, 0.25) is 11.8 Å². The molecule has 1 aromatic rings. The average Bonchev–Trinajstić information content (AvgIpc) is 2.64. The number of carbonyl (C=O) groups excluding carboxylic acids is 2. The molecule has 2 N–H and O–H groups in total. The van der Waals surface area contributed by atoms with Crippen LogP contribution in [0, 0.1) is 0 Å². The fourth-order valence-electron chi connectivity index (χ4n) is 2.44. The van der Waals surface area contributed by atoms with Crippen LogP contribution in [0.5, 0.6) is 0 Å². The van der Waals surface area contributed by atoms with Crippen molar-refractivity contribution in [3.63, 3.8) is 0 Å². The highest BCUT2D eigenvalue weighted by molar-refractivity contribution is 7.89. The maximum atomic E-state index is 12.3. The first-order valence-electron chi connectivity index (χ1n) is 7.21. The highest BCUT2D eigenvalue weighted by Crippen LogP contribution is 2.19. The van der Waals surface area contributed by atoms with Crippen molar-refractivity contribution in [3.05, 3.63) is 29.8 Å². The van der Waals surface area contributed by atoms with Crippen molar-refractivity contribution in [1.29, 1.82) is 0 Å². The Labute approximate surface area is 130 Å². The molecule has 1 aromatic carbocycles. The van der Waals surface area contributed by atoms with Gasteiger partial charge in [0, 0.05) is 18.4 Å². The van der Waals surface area contributed by atoms with Gasteiger partial charge in [0.25, 0.3) is 0 Å². The second-order valence-electron chi connectivity index (χ2n) is 5.58. The molecule has 0 aliphatic carbocycles. The number of amides is 2. The number of hydrogen-bond acceptors (Lipinski definition) is 4. The molecule has 1 atom stereocenters. The molecule has 120 valence electrons. The van der Waals surface area contributed by atoms with E-state index in [4.69, 9.17) is 0 Å². The predicted octanol–water partition coefficient (Wildman–Crippen LogP) is 1.23. The van der Waals surface area contributed by atoms with Crippen LogP contribution in [0.4, 0.5) is 5.69 Å². The summed E-state index contributed by atoms with van der Waals surface area (Å²) in [7, 11) is -3.20. The van der Waals surface area contributed by atoms with E-state index < -0.39 is 15.9 Å². The summed E-state index contributed by atoms with van der Waals surface area (Å²) in [4.78, 5) is 23.8. The van der Waals surface area contributed by atoms with E-state index in [1.807, 2.05) is 0 Å². The van der Waals surface area contributed by atoms with Crippen molar-refractivity contribution in [2.45, 2.75) is 37.5 Å². The van der Waals surface area contributed by atoms with E-state index >= 15 is 0 Å². The zero-order valence-electron chi connectivity index (χ0n) is 12.5. The SMILES string of the molecule is CS(=O)(=O)Cc1ccccc1NC(=O)C1CCCCC(=O)N1. The van der Waals surface area contributed by atoms with E-state index in [0.29, 0.717) is 24.1 Å². The lowest BCUT2D eigenvalue weighted by Gasteiger charge is -2.17. The van der Waals surface area contributed by atoms with Crippen molar-refractivity contribution in [2.75, 3.05) is 11.6 Å². The van der Waals surface area contributed by atoms with Gasteiger partial charge in [-0.1, -0.05) is 24.6 Å². The van der Waals surface area contributed by atoms with Crippen LogP contribution in [0.3, 0.4) is 0 Å². The van der Waals surface area contributed by atoms with E-state index in [0.717, 1.165) is 19.1 Å². The van der Waals surface area contributed by atoms with Crippen LogP contribution in [0.2, 0.25) is 0 Å². The van der Waals surface area contributed by atoms with Gasteiger partial charge in [0.15, 0.2) is 9.84 Å². The van der Waals surface area contributed by atoms with Gasteiger partial charge in [-0.3, -0.25) is 9.59 Å². The minimum atomic E-state index is -3.20. The molecule has 1 aliphatic heterocycles. The summed E-state index contributed by atoms with van der Waals surface area (Å²) in [5.74, 6) is -0.571. The number of sulfone groups is 1. The standard InChI is InChI=1S/C15H20N2O4S/c1-22(20,21)10-11-6-2-3-7-12(11)17-15(19)13-8-4-5-9-14(18)16-13/h2-3,6-7,13H,4-5,8-10H2,1H3,(H,16,18)(H,17,19). The van der Waals surface area contributed by atoms with Gasteiger partial charge in [-0.2, -0.15) is 0 Å². The predicted molar refractivity (Wildman–Crippen MR) is 84.0 cm³/mol. The fourth-order valence-corrected chi connectivity index (χ4v) is 3.26. The molecular weight excluding hydrogens is 304 g/mol. The Morgan fingerprint density at radius 1 is 1.32 bits per heavy atom. The molecule has 0 bridgehead atoms. The van der Waals surface area contributed by atoms with Gasteiger partial charge in [0.05, 0.1) is 5.75 Å². The van der Waals surface area contributed by atoms with Crippen LogP contribution in [-0.4, -0.2) is 32.5 Å². The summed E-state index contributed by atoms with van der Waals surface area (Å²) >= 11 is 0. The van der Waals surface area contributed by atoms with Crippen LogP contribution >= 0.6 is 0 Å². The van der Waals surface area contributed by atoms with E-state index in [1.54, 1.807) is 24.3 Å². The van der Waals surface area contributed by atoms with Gasteiger partial charge in [0.1, 0.15) is 6.04 Å². The summed E-state index contributed by atoms with van der Waals surface area (Å²) in [6, 6.07) is 6.22. The van der Waals surface area contributed by atoms with Gasteiger partial charge >= 0.3 is 0 Å². The second kappa shape index (κ2) is 6.91. The first-order chi connectivity index (χ1) is 10.3. The summed E-state index contributed by atoms with van der Waals surface area (Å²) < 4.78 is 22.9. The van der Waals surface area contributed by atoms with Gasteiger partial charge in [-0.05, 0) is 24.5 Å². The Hall–Kier alpha value is -1.89. The molecule has 1 aliphatic rings. The largest absolute Gasteiger partial charge is 0.344 e.